The summed E-state index contributed by atoms with van der Waals surface area (Å²) in [6.45, 7) is 7.76. The second-order valence-corrected chi connectivity index (χ2v) is 5.32. The topological polar surface area (TPSA) is 15.6 Å². The molecular weight excluding hydrogens is 192 g/mol. The van der Waals surface area contributed by atoms with E-state index in [1.807, 2.05) is 18.0 Å². The van der Waals surface area contributed by atoms with Crippen LogP contribution in [-0.2, 0) is 0 Å². The van der Waals surface area contributed by atoms with E-state index < -0.39 is 0 Å². The Bertz CT molecular complexity index is 244. The molecule has 1 aliphatic rings. The van der Waals surface area contributed by atoms with Crippen LogP contribution in [0.15, 0.2) is 16.8 Å². The van der Waals surface area contributed by atoms with Gasteiger partial charge in [0.2, 0.25) is 0 Å². The second-order valence-electron chi connectivity index (χ2n) is 4.26. The summed E-state index contributed by atoms with van der Waals surface area (Å²) >= 11 is 1.84. The zero-order valence-corrected chi connectivity index (χ0v) is 10.4. The molecule has 0 aliphatic carbocycles. The molecule has 1 fully saturated rings. The molecule has 1 heterocycles. The van der Waals surface area contributed by atoms with Crippen LogP contribution in [0.2, 0.25) is 0 Å². The zero-order chi connectivity index (χ0) is 10.6. The number of rotatable bonds is 3. The monoisotopic (exact) mass is 212 g/mol. The Morgan fingerprint density at radius 1 is 1.64 bits per heavy atom. The third-order valence-electron chi connectivity index (χ3n) is 2.11. The smallest absolute Gasteiger partial charge is 0.163 e. The zero-order valence-electron chi connectivity index (χ0n) is 9.58. The molecule has 1 saturated heterocycles. The van der Waals surface area contributed by atoms with Crippen LogP contribution in [0, 0.1) is 5.92 Å². The minimum absolute atomic E-state index is 0.723. The van der Waals surface area contributed by atoms with Crippen molar-refractivity contribution >= 4 is 16.9 Å². The molecule has 0 bridgehead atoms. The molecule has 0 aromatic rings. The minimum atomic E-state index is 0.723. The van der Waals surface area contributed by atoms with Crippen LogP contribution in [0.1, 0.15) is 27.2 Å². The first-order chi connectivity index (χ1) is 6.59. The molecule has 0 unspecified atom stereocenters. The van der Waals surface area contributed by atoms with Gasteiger partial charge in [0, 0.05) is 25.5 Å². The van der Waals surface area contributed by atoms with Gasteiger partial charge in [-0.3, -0.25) is 0 Å². The number of hydrogen-bond acceptors (Lipinski definition) is 2. The highest BCUT2D eigenvalue weighted by Gasteiger charge is 2.13. The number of aliphatic imine (C=N–C) groups is 1. The van der Waals surface area contributed by atoms with Crippen molar-refractivity contribution in [2.75, 3.05) is 19.3 Å². The Labute approximate surface area is 91.5 Å². The number of nitrogens with zero attached hydrogens (tertiary/aromatic N) is 2. The van der Waals surface area contributed by atoms with E-state index in [1.54, 1.807) is 0 Å². The summed E-state index contributed by atoms with van der Waals surface area (Å²) in [6.07, 6.45) is 3.16. The second kappa shape index (κ2) is 5.44. The maximum Gasteiger partial charge on any atom is 0.163 e. The van der Waals surface area contributed by atoms with Gasteiger partial charge in [-0.05, 0) is 19.3 Å². The molecular formula is C11H20N2S. The van der Waals surface area contributed by atoms with E-state index in [0.29, 0.717) is 0 Å². The Balaban J connectivity index is 2.51. The average Bonchev–Trinajstić information content (AvgIpc) is 2.46. The van der Waals surface area contributed by atoms with Gasteiger partial charge in [0.1, 0.15) is 0 Å². The molecule has 0 saturated carbocycles. The highest BCUT2D eigenvalue weighted by Crippen LogP contribution is 2.17. The highest BCUT2D eigenvalue weighted by atomic mass is 32.2. The average molecular weight is 212 g/mol. The quantitative estimate of drug-likeness (QED) is 0.714. The fourth-order valence-electron chi connectivity index (χ4n) is 1.48. The summed E-state index contributed by atoms with van der Waals surface area (Å²) in [6, 6.07) is 0. The molecule has 0 radical (unpaired) electrons. The maximum absolute atomic E-state index is 4.50. The SMILES string of the molecule is C/C(=C\N=C1\SCCN1C)CC(C)C. The summed E-state index contributed by atoms with van der Waals surface area (Å²) in [5.41, 5.74) is 1.37. The lowest BCUT2D eigenvalue weighted by Gasteiger charge is -2.08. The molecule has 3 heteroatoms. The Morgan fingerprint density at radius 3 is 2.86 bits per heavy atom. The lowest BCUT2D eigenvalue weighted by atomic mass is 10.1. The molecule has 0 spiro atoms. The Morgan fingerprint density at radius 2 is 2.36 bits per heavy atom. The van der Waals surface area contributed by atoms with Crippen LogP contribution in [0.4, 0.5) is 0 Å². The van der Waals surface area contributed by atoms with E-state index in [1.165, 1.54) is 11.3 Å². The van der Waals surface area contributed by atoms with E-state index in [2.05, 4.69) is 37.7 Å². The van der Waals surface area contributed by atoms with Crippen LogP contribution in [0.3, 0.4) is 0 Å². The molecule has 80 valence electrons. The van der Waals surface area contributed by atoms with E-state index in [9.17, 15) is 0 Å². The molecule has 2 nitrogen and oxygen atoms in total. The van der Waals surface area contributed by atoms with Crippen LogP contribution in [-0.4, -0.2) is 29.4 Å². The molecule has 0 aromatic carbocycles. The predicted octanol–water partition coefficient (Wildman–Crippen LogP) is 2.97. The van der Waals surface area contributed by atoms with Crippen molar-refractivity contribution in [3.63, 3.8) is 0 Å². The summed E-state index contributed by atoms with van der Waals surface area (Å²) < 4.78 is 0. The van der Waals surface area contributed by atoms with Gasteiger partial charge in [-0.25, -0.2) is 4.99 Å². The normalized spacial score (nSPS) is 21.4. The van der Waals surface area contributed by atoms with Crippen molar-refractivity contribution in [1.82, 2.24) is 4.90 Å². The van der Waals surface area contributed by atoms with Gasteiger partial charge in [-0.2, -0.15) is 0 Å². The van der Waals surface area contributed by atoms with Gasteiger partial charge in [0.15, 0.2) is 5.17 Å². The van der Waals surface area contributed by atoms with Crippen molar-refractivity contribution in [3.8, 4) is 0 Å². The first-order valence-corrected chi connectivity index (χ1v) is 6.15. The Kier molecular flexibility index (Phi) is 4.52. The summed E-state index contributed by atoms with van der Waals surface area (Å²) in [7, 11) is 2.10. The lowest BCUT2D eigenvalue weighted by molar-refractivity contribution is 0.563. The molecule has 0 N–H and O–H groups in total. The maximum atomic E-state index is 4.50. The minimum Gasteiger partial charge on any atom is -0.353 e. The van der Waals surface area contributed by atoms with E-state index >= 15 is 0 Å². The third kappa shape index (κ3) is 3.74. The number of amidine groups is 1. The summed E-state index contributed by atoms with van der Waals surface area (Å²) in [4.78, 5) is 6.71. The van der Waals surface area contributed by atoms with Crippen molar-refractivity contribution in [3.05, 3.63) is 11.8 Å². The highest BCUT2D eigenvalue weighted by molar-refractivity contribution is 8.14. The molecule has 0 aromatic heterocycles. The summed E-state index contributed by atoms with van der Waals surface area (Å²) in [5, 5.41) is 1.16. The third-order valence-corrected chi connectivity index (χ3v) is 3.17. The van der Waals surface area contributed by atoms with E-state index in [0.717, 1.165) is 24.1 Å². The molecule has 1 rings (SSSR count). The van der Waals surface area contributed by atoms with E-state index in [4.69, 9.17) is 0 Å². The lowest BCUT2D eigenvalue weighted by Crippen LogP contribution is -2.17. The number of hydrogen-bond donors (Lipinski definition) is 0. The molecule has 0 atom stereocenters. The number of allylic oxidation sites excluding steroid dienone is 1. The van der Waals surface area contributed by atoms with E-state index in [-0.39, 0.29) is 0 Å². The standard InChI is InChI=1S/C11H20N2S/c1-9(2)7-10(3)8-12-11-13(4)5-6-14-11/h8-9H,5-7H2,1-4H3/b10-8+,12-11+. The van der Waals surface area contributed by atoms with Crippen molar-refractivity contribution in [2.24, 2.45) is 10.9 Å². The van der Waals surface area contributed by atoms with Crippen LogP contribution >= 0.6 is 11.8 Å². The fraction of sp³-hybridized carbons (Fsp3) is 0.727. The van der Waals surface area contributed by atoms with Crippen LogP contribution < -0.4 is 0 Å². The van der Waals surface area contributed by atoms with Crippen molar-refractivity contribution in [2.45, 2.75) is 27.2 Å². The fourth-order valence-corrected chi connectivity index (χ4v) is 2.46. The number of thioether (sulfide) groups is 1. The predicted molar refractivity (Wildman–Crippen MR) is 65.7 cm³/mol. The van der Waals surface area contributed by atoms with Crippen LogP contribution in [0.25, 0.3) is 0 Å². The molecule has 14 heavy (non-hydrogen) atoms. The van der Waals surface area contributed by atoms with Gasteiger partial charge in [0.05, 0.1) is 0 Å². The van der Waals surface area contributed by atoms with Gasteiger partial charge in [-0.15, -0.1) is 0 Å². The Hall–Kier alpha value is -0.440. The van der Waals surface area contributed by atoms with Gasteiger partial charge in [-0.1, -0.05) is 31.2 Å². The van der Waals surface area contributed by atoms with Crippen molar-refractivity contribution < 1.29 is 0 Å². The van der Waals surface area contributed by atoms with Gasteiger partial charge in [0.25, 0.3) is 0 Å². The first-order valence-electron chi connectivity index (χ1n) is 5.17. The van der Waals surface area contributed by atoms with Gasteiger partial charge < -0.3 is 4.90 Å². The van der Waals surface area contributed by atoms with Gasteiger partial charge >= 0.3 is 0 Å². The molecule has 0 amide bonds. The molecule has 1 aliphatic heterocycles. The van der Waals surface area contributed by atoms with Crippen molar-refractivity contribution in [1.29, 1.82) is 0 Å². The first kappa shape index (κ1) is 11.6. The van der Waals surface area contributed by atoms with Crippen LogP contribution in [0.5, 0.6) is 0 Å². The largest absolute Gasteiger partial charge is 0.353 e. The summed E-state index contributed by atoms with van der Waals surface area (Å²) in [5.74, 6) is 1.90.